The van der Waals surface area contributed by atoms with Gasteiger partial charge in [0, 0.05) is 6.07 Å². The van der Waals surface area contributed by atoms with Gasteiger partial charge in [-0.05, 0) is 36.8 Å². The number of carbonyl (C=O) groups excluding carboxylic acids is 1. The van der Waals surface area contributed by atoms with Crippen molar-refractivity contribution in [3.05, 3.63) is 65.5 Å². The van der Waals surface area contributed by atoms with Gasteiger partial charge in [0.25, 0.3) is 0 Å². The molecule has 1 aliphatic heterocycles. The molecule has 0 bridgehead atoms. The molecule has 1 amide bonds. The Bertz CT molecular complexity index is 1010. The number of hydrazone groups is 1. The minimum atomic E-state index is -4.90. The molecule has 0 saturated heterocycles. The number of alkyl halides is 3. The molecule has 0 aliphatic carbocycles. The van der Waals surface area contributed by atoms with E-state index in [2.05, 4.69) is 15.8 Å². The molecule has 7 nitrogen and oxygen atoms in total. The molecular formula is C20H17F4N3O4. The van der Waals surface area contributed by atoms with E-state index in [0.717, 1.165) is 12.1 Å². The maximum absolute atomic E-state index is 13.4. The molecule has 2 aromatic carbocycles. The molecule has 3 N–H and O–H groups in total. The number of hydrogen-bond donors (Lipinski definition) is 3. The predicted molar refractivity (Wildman–Crippen MR) is 101 cm³/mol. The van der Waals surface area contributed by atoms with Crippen LogP contribution in [-0.2, 0) is 4.79 Å². The number of nitrogens with zero attached hydrogens (tertiary/aromatic N) is 1. The van der Waals surface area contributed by atoms with Crippen LogP contribution in [0.15, 0.2) is 53.6 Å². The third-order valence-electron chi connectivity index (χ3n) is 4.56. The molecule has 3 rings (SSSR count). The molecule has 1 heterocycles. The Morgan fingerprint density at radius 2 is 1.87 bits per heavy atom. The monoisotopic (exact) mass is 439 g/mol. The fourth-order valence-electron chi connectivity index (χ4n) is 3.00. The highest BCUT2D eigenvalue weighted by atomic mass is 19.4. The first-order valence-electron chi connectivity index (χ1n) is 9.02. The average Bonchev–Trinajstić information content (AvgIpc) is 3.12. The van der Waals surface area contributed by atoms with Gasteiger partial charge in [-0.1, -0.05) is 18.2 Å². The van der Waals surface area contributed by atoms with Gasteiger partial charge in [-0.15, -0.1) is 0 Å². The van der Waals surface area contributed by atoms with E-state index in [1.165, 1.54) is 43.3 Å². The van der Waals surface area contributed by atoms with Crippen molar-refractivity contribution in [1.82, 2.24) is 10.7 Å². The summed E-state index contributed by atoms with van der Waals surface area (Å²) in [6.07, 6.45) is -6.42. The number of nitrogens with one attached hydrogen (secondary N) is 2. The Hall–Kier alpha value is -3.63. The van der Waals surface area contributed by atoms with Gasteiger partial charge in [0.15, 0.2) is 5.71 Å². The van der Waals surface area contributed by atoms with Gasteiger partial charge in [0.1, 0.15) is 17.5 Å². The number of amides is 1. The summed E-state index contributed by atoms with van der Waals surface area (Å²) >= 11 is 0. The number of aromatic carboxylic acids is 1. The molecule has 164 valence electrons. The van der Waals surface area contributed by atoms with E-state index >= 15 is 0 Å². The summed E-state index contributed by atoms with van der Waals surface area (Å²) in [4.78, 5) is 23.7. The molecule has 0 saturated carbocycles. The third-order valence-corrected chi connectivity index (χ3v) is 4.56. The zero-order valence-corrected chi connectivity index (χ0v) is 16.0. The summed E-state index contributed by atoms with van der Waals surface area (Å²) in [5.74, 6) is -4.75. The van der Waals surface area contributed by atoms with Gasteiger partial charge in [-0.25, -0.2) is 9.18 Å². The summed E-state index contributed by atoms with van der Waals surface area (Å²) in [5.41, 5.74) is 1.28. The van der Waals surface area contributed by atoms with E-state index in [4.69, 9.17) is 9.84 Å². The summed E-state index contributed by atoms with van der Waals surface area (Å²) in [5, 5.41) is 14.6. The van der Waals surface area contributed by atoms with Crippen LogP contribution in [0.1, 0.15) is 28.9 Å². The van der Waals surface area contributed by atoms with E-state index in [1.54, 1.807) is 0 Å². The number of halogens is 4. The van der Waals surface area contributed by atoms with Crippen LogP contribution >= 0.6 is 0 Å². The number of ether oxygens (including phenoxy) is 1. The lowest BCUT2D eigenvalue weighted by atomic mass is 9.99. The third kappa shape index (κ3) is 5.11. The van der Waals surface area contributed by atoms with Crippen molar-refractivity contribution in [3.8, 4) is 5.75 Å². The van der Waals surface area contributed by atoms with Gasteiger partial charge in [0.05, 0.1) is 11.6 Å². The van der Waals surface area contributed by atoms with E-state index in [1.807, 2.05) is 0 Å². The molecule has 2 unspecified atom stereocenters. The first-order valence-corrected chi connectivity index (χ1v) is 9.02. The summed E-state index contributed by atoms with van der Waals surface area (Å²) in [6, 6.07) is 9.53. The number of carboxylic acids is 1. The van der Waals surface area contributed by atoms with Crippen LogP contribution in [0.5, 0.6) is 5.75 Å². The van der Waals surface area contributed by atoms with Gasteiger partial charge in [-0.2, -0.15) is 18.3 Å². The zero-order valence-electron chi connectivity index (χ0n) is 16.0. The quantitative estimate of drug-likeness (QED) is 0.600. The highest BCUT2D eigenvalue weighted by Gasteiger charge is 2.52. The van der Waals surface area contributed by atoms with E-state index in [9.17, 15) is 27.2 Å². The molecule has 0 fully saturated rings. The molecule has 11 heteroatoms. The van der Waals surface area contributed by atoms with Gasteiger partial charge >= 0.3 is 12.1 Å². The largest absolute Gasteiger partial charge is 0.478 e. The van der Waals surface area contributed by atoms with Crippen molar-refractivity contribution >= 4 is 17.6 Å². The minimum Gasteiger partial charge on any atom is -0.478 e. The van der Waals surface area contributed by atoms with Crippen LogP contribution in [0, 0.1) is 11.7 Å². The number of hydrogen-bond acceptors (Lipinski definition) is 5. The van der Waals surface area contributed by atoms with Gasteiger partial charge in [-0.3, -0.25) is 10.2 Å². The second-order valence-corrected chi connectivity index (χ2v) is 6.75. The Labute approximate surface area is 173 Å². The Balaban J connectivity index is 1.79. The number of carboxylic acid groups (broad SMARTS) is 1. The normalized spacial score (nSPS) is 19.2. The Morgan fingerprint density at radius 3 is 2.45 bits per heavy atom. The maximum Gasteiger partial charge on any atom is 0.432 e. The van der Waals surface area contributed by atoms with Gasteiger partial charge < -0.3 is 15.2 Å². The SMILES string of the molecule is C[C@H](NC(=O)C1C(C(F)(F)F)=NNC1Oc1cccc(F)c1)c1ccc(C(=O)O)cc1. The molecule has 0 radical (unpaired) electrons. The van der Waals surface area contributed by atoms with Crippen LogP contribution < -0.4 is 15.5 Å². The average molecular weight is 439 g/mol. The van der Waals surface area contributed by atoms with Crippen LogP contribution in [0.3, 0.4) is 0 Å². The van der Waals surface area contributed by atoms with Crippen LogP contribution in [0.2, 0.25) is 0 Å². The van der Waals surface area contributed by atoms with E-state index in [0.29, 0.717) is 5.56 Å². The summed E-state index contributed by atoms with van der Waals surface area (Å²) < 4.78 is 58.9. The number of benzene rings is 2. The highest BCUT2D eigenvalue weighted by molar-refractivity contribution is 6.08. The molecule has 0 aromatic heterocycles. The molecule has 1 aliphatic rings. The Kier molecular flexibility index (Phi) is 6.14. The van der Waals surface area contributed by atoms with E-state index < -0.39 is 47.8 Å². The molecule has 2 aromatic rings. The number of carbonyl (C=O) groups is 2. The minimum absolute atomic E-state index is 0.0253. The first kappa shape index (κ1) is 22.1. The topological polar surface area (TPSA) is 100 Å². The standard InChI is InChI=1S/C20H17F4N3O4/c1-10(11-5-7-12(8-6-11)19(29)30)25-17(28)15-16(20(22,23)24)26-27-18(15)31-14-4-2-3-13(21)9-14/h2-10,15,18,27H,1H3,(H,25,28)(H,29,30)/t10-,15?,18?/m0/s1. The zero-order chi connectivity index (χ0) is 22.8. The molecule has 31 heavy (non-hydrogen) atoms. The lowest BCUT2D eigenvalue weighted by molar-refractivity contribution is -0.127. The highest BCUT2D eigenvalue weighted by Crippen LogP contribution is 2.30. The first-order chi connectivity index (χ1) is 14.6. The molecule has 3 atom stereocenters. The lowest BCUT2D eigenvalue weighted by Gasteiger charge is -2.24. The van der Waals surface area contributed by atoms with Crippen LogP contribution in [-0.4, -0.2) is 35.1 Å². The second-order valence-electron chi connectivity index (χ2n) is 6.75. The summed E-state index contributed by atoms with van der Waals surface area (Å²) in [7, 11) is 0. The van der Waals surface area contributed by atoms with Crippen LogP contribution in [0.25, 0.3) is 0 Å². The van der Waals surface area contributed by atoms with Crippen molar-refractivity contribution in [2.75, 3.05) is 0 Å². The fraction of sp³-hybridized carbons (Fsp3) is 0.250. The molecule has 0 spiro atoms. The van der Waals surface area contributed by atoms with Crippen molar-refractivity contribution in [2.45, 2.75) is 25.4 Å². The van der Waals surface area contributed by atoms with Gasteiger partial charge in [0.2, 0.25) is 12.1 Å². The second kappa shape index (κ2) is 8.62. The number of rotatable bonds is 6. The Morgan fingerprint density at radius 1 is 1.19 bits per heavy atom. The van der Waals surface area contributed by atoms with E-state index in [-0.39, 0.29) is 11.3 Å². The fourth-order valence-corrected chi connectivity index (χ4v) is 3.00. The van der Waals surface area contributed by atoms with Crippen molar-refractivity contribution in [2.24, 2.45) is 11.0 Å². The predicted octanol–water partition coefficient (Wildman–Crippen LogP) is 3.24. The smallest absolute Gasteiger partial charge is 0.432 e. The molecular weight excluding hydrogens is 422 g/mol. The van der Waals surface area contributed by atoms with Crippen molar-refractivity contribution in [1.29, 1.82) is 0 Å². The van der Waals surface area contributed by atoms with Crippen molar-refractivity contribution < 1.29 is 37.0 Å². The summed E-state index contributed by atoms with van der Waals surface area (Å²) in [6.45, 7) is 1.53. The maximum atomic E-state index is 13.4. The van der Waals surface area contributed by atoms with Crippen LogP contribution in [0.4, 0.5) is 17.6 Å². The lowest BCUT2D eigenvalue weighted by Crippen LogP contribution is -2.48. The van der Waals surface area contributed by atoms with Crippen molar-refractivity contribution in [3.63, 3.8) is 0 Å².